The third-order valence-corrected chi connectivity index (χ3v) is 1.67. The number of allylic oxidation sites excluding steroid dienone is 1. The SMILES string of the molecule is C=C1C=CC(=O)N1C(C)OC. The Labute approximate surface area is 65.9 Å². The van der Waals surface area contributed by atoms with Gasteiger partial charge in [0.25, 0.3) is 5.91 Å². The van der Waals surface area contributed by atoms with Gasteiger partial charge in [0, 0.05) is 18.9 Å². The van der Waals surface area contributed by atoms with Crippen molar-refractivity contribution in [2.45, 2.75) is 13.2 Å². The molecule has 0 spiro atoms. The molecule has 0 aromatic carbocycles. The predicted octanol–water partition coefficient (Wildman–Crippen LogP) is 0.891. The van der Waals surface area contributed by atoms with Crippen LogP contribution in [0.1, 0.15) is 6.92 Å². The van der Waals surface area contributed by atoms with Crippen molar-refractivity contribution in [1.82, 2.24) is 4.90 Å². The van der Waals surface area contributed by atoms with Crippen LogP contribution in [0.4, 0.5) is 0 Å². The number of rotatable bonds is 2. The third-order valence-electron chi connectivity index (χ3n) is 1.67. The van der Waals surface area contributed by atoms with Gasteiger partial charge >= 0.3 is 0 Å². The maximum absolute atomic E-state index is 11.1. The smallest absolute Gasteiger partial charge is 0.253 e. The summed E-state index contributed by atoms with van der Waals surface area (Å²) in [6.07, 6.45) is 2.93. The highest BCUT2D eigenvalue weighted by molar-refractivity contribution is 5.93. The fourth-order valence-electron chi connectivity index (χ4n) is 0.988. The first kappa shape index (κ1) is 8.01. The molecule has 0 aromatic rings. The van der Waals surface area contributed by atoms with Gasteiger partial charge in [0.05, 0.1) is 0 Å². The van der Waals surface area contributed by atoms with Gasteiger partial charge in [-0.15, -0.1) is 0 Å². The zero-order chi connectivity index (χ0) is 8.43. The lowest BCUT2D eigenvalue weighted by Gasteiger charge is -2.23. The number of ether oxygens (including phenoxy) is 1. The summed E-state index contributed by atoms with van der Waals surface area (Å²) in [6, 6.07) is 0. The van der Waals surface area contributed by atoms with Gasteiger partial charge in [-0.2, -0.15) is 0 Å². The molecule has 3 nitrogen and oxygen atoms in total. The first-order chi connectivity index (χ1) is 5.16. The van der Waals surface area contributed by atoms with Gasteiger partial charge in [-0.25, -0.2) is 0 Å². The summed E-state index contributed by atoms with van der Waals surface area (Å²) in [4.78, 5) is 12.6. The summed E-state index contributed by atoms with van der Waals surface area (Å²) in [5.74, 6) is -0.0654. The van der Waals surface area contributed by atoms with Crippen LogP contribution in [0.2, 0.25) is 0 Å². The Morgan fingerprint density at radius 2 is 2.27 bits per heavy atom. The minimum atomic E-state index is -0.231. The first-order valence-electron chi connectivity index (χ1n) is 3.40. The molecule has 1 aliphatic heterocycles. The van der Waals surface area contributed by atoms with Crippen molar-refractivity contribution in [2.24, 2.45) is 0 Å². The fourth-order valence-corrected chi connectivity index (χ4v) is 0.988. The Kier molecular flexibility index (Phi) is 2.10. The molecular formula is C8H11NO2. The van der Waals surface area contributed by atoms with Crippen LogP contribution in [0.15, 0.2) is 24.4 Å². The van der Waals surface area contributed by atoms with Gasteiger partial charge in [-0.1, -0.05) is 6.58 Å². The lowest BCUT2D eigenvalue weighted by molar-refractivity contribution is -0.131. The van der Waals surface area contributed by atoms with Gasteiger partial charge in [-0.05, 0) is 13.0 Å². The van der Waals surface area contributed by atoms with Crippen LogP contribution in [0.3, 0.4) is 0 Å². The lowest BCUT2D eigenvalue weighted by atomic mass is 10.4. The van der Waals surface area contributed by atoms with E-state index in [-0.39, 0.29) is 12.1 Å². The number of methoxy groups -OCH3 is 1. The Balaban J connectivity index is 2.73. The minimum Gasteiger partial charge on any atom is -0.361 e. The van der Waals surface area contributed by atoms with E-state index in [1.54, 1.807) is 20.1 Å². The quantitative estimate of drug-likeness (QED) is 0.589. The number of amides is 1. The number of hydrogen-bond donors (Lipinski definition) is 0. The first-order valence-corrected chi connectivity index (χ1v) is 3.40. The second-order valence-corrected chi connectivity index (χ2v) is 2.37. The highest BCUT2D eigenvalue weighted by atomic mass is 16.5. The molecule has 1 rings (SSSR count). The number of nitrogens with zero attached hydrogens (tertiary/aromatic N) is 1. The molecule has 0 aliphatic carbocycles. The molecule has 1 atom stereocenters. The highest BCUT2D eigenvalue weighted by Crippen LogP contribution is 2.16. The molecule has 3 heteroatoms. The van der Waals surface area contributed by atoms with E-state index in [0.717, 1.165) is 0 Å². The molecule has 60 valence electrons. The van der Waals surface area contributed by atoms with Crippen LogP contribution < -0.4 is 0 Å². The van der Waals surface area contributed by atoms with Crippen LogP contribution in [-0.4, -0.2) is 24.1 Å². The number of hydrogen-bond acceptors (Lipinski definition) is 2. The Bertz CT molecular complexity index is 202. The molecule has 0 bridgehead atoms. The highest BCUT2D eigenvalue weighted by Gasteiger charge is 2.23. The molecule has 11 heavy (non-hydrogen) atoms. The summed E-state index contributed by atoms with van der Waals surface area (Å²) < 4.78 is 4.98. The maximum atomic E-state index is 11.1. The fraction of sp³-hybridized carbons (Fsp3) is 0.375. The predicted molar refractivity (Wildman–Crippen MR) is 41.6 cm³/mol. The van der Waals surface area contributed by atoms with Crippen LogP contribution >= 0.6 is 0 Å². The summed E-state index contributed by atoms with van der Waals surface area (Å²) >= 11 is 0. The molecule has 0 fully saturated rings. The van der Waals surface area contributed by atoms with Crippen LogP contribution in [0, 0.1) is 0 Å². The molecule has 1 amide bonds. The molecule has 0 N–H and O–H groups in total. The zero-order valence-electron chi connectivity index (χ0n) is 6.70. The largest absolute Gasteiger partial charge is 0.361 e. The maximum Gasteiger partial charge on any atom is 0.253 e. The van der Waals surface area contributed by atoms with Gasteiger partial charge < -0.3 is 4.74 Å². The monoisotopic (exact) mass is 153 g/mol. The molecule has 0 radical (unpaired) electrons. The van der Waals surface area contributed by atoms with Gasteiger partial charge in [0.15, 0.2) is 0 Å². The third kappa shape index (κ3) is 1.33. The molecule has 1 heterocycles. The number of carbonyl (C=O) groups excluding carboxylic acids is 1. The van der Waals surface area contributed by atoms with E-state index in [1.165, 1.54) is 11.0 Å². The standard InChI is InChI=1S/C8H11NO2/c1-6-4-5-8(10)9(6)7(2)11-3/h4-5,7H,1H2,2-3H3. The van der Waals surface area contributed by atoms with E-state index in [4.69, 9.17) is 4.74 Å². The average molecular weight is 153 g/mol. The van der Waals surface area contributed by atoms with E-state index in [0.29, 0.717) is 5.70 Å². The van der Waals surface area contributed by atoms with E-state index in [9.17, 15) is 4.79 Å². The molecule has 0 aromatic heterocycles. The van der Waals surface area contributed by atoms with Crippen molar-refractivity contribution < 1.29 is 9.53 Å². The number of carbonyl (C=O) groups is 1. The van der Waals surface area contributed by atoms with Crippen LogP contribution in [0.25, 0.3) is 0 Å². The van der Waals surface area contributed by atoms with Gasteiger partial charge in [0.1, 0.15) is 6.23 Å². The van der Waals surface area contributed by atoms with Crippen molar-refractivity contribution in [2.75, 3.05) is 7.11 Å². The van der Waals surface area contributed by atoms with E-state index >= 15 is 0 Å². The molecular weight excluding hydrogens is 142 g/mol. The van der Waals surface area contributed by atoms with Crippen molar-refractivity contribution in [3.8, 4) is 0 Å². The topological polar surface area (TPSA) is 29.5 Å². The Morgan fingerprint density at radius 1 is 1.64 bits per heavy atom. The second kappa shape index (κ2) is 2.88. The van der Waals surface area contributed by atoms with Gasteiger partial charge in [0.2, 0.25) is 0 Å². The van der Waals surface area contributed by atoms with Crippen molar-refractivity contribution >= 4 is 5.91 Å². The molecule has 0 saturated carbocycles. The van der Waals surface area contributed by atoms with Crippen molar-refractivity contribution in [1.29, 1.82) is 0 Å². The normalized spacial score (nSPS) is 19.6. The summed E-state index contributed by atoms with van der Waals surface area (Å²) in [7, 11) is 1.56. The summed E-state index contributed by atoms with van der Waals surface area (Å²) in [5.41, 5.74) is 0.685. The van der Waals surface area contributed by atoms with Crippen molar-refractivity contribution in [3.63, 3.8) is 0 Å². The van der Waals surface area contributed by atoms with E-state index in [2.05, 4.69) is 6.58 Å². The molecule has 1 aliphatic rings. The summed E-state index contributed by atoms with van der Waals surface area (Å²) in [6.45, 7) is 5.50. The second-order valence-electron chi connectivity index (χ2n) is 2.37. The van der Waals surface area contributed by atoms with Crippen molar-refractivity contribution in [3.05, 3.63) is 24.4 Å². The zero-order valence-corrected chi connectivity index (χ0v) is 6.70. The lowest BCUT2D eigenvalue weighted by Crippen LogP contribution is -2.34. The Morgan fingerprint density at radius 3 is 2.64 bits per heavy atom. The Hall–Kier alpha value is -1.09. The van der Waals surface area contributed by atoms with E-state index < -0.39 is 0 Å². The van der Waals surface area contributed by atoms with Crippen LogP contribution in [0.5, 0.6) is 0 Å². The van der Waals surface area contributed by atoms with Crippen LogP contribution in [-0.2, 0) is 9.53 Å². The average Bonchev–Trinajstić information content (AvgIpc) is 2.30. The molecule has 1 unspecified atom stereocenters. The molecule has 0 saturated heterocycles. The summed E-state index contributed by atoms with van der Waals surface area (Å²) in [5, 5.41) is 0. The van der Waals surface area contributed by atoms with E-state index in [1.807, 2.05) is 0 Å². The van der Waals surface area contributed by atoms with Gasteiger partial charge in [-0.3, -0.25) is 9.69 Å². The minimum absolute atomic E-state index is 0.0654.